The molecule has 1 unspecified atom stereocenters. The Morgan fingerprint density at radius 3 is 2.51 bits per heavy atom. The third-order valence-corrected chi connectivity index (χ3v) is 7.10. The monoisotopic (exact) mass is 474 g/mol. The highest BCUT2D eigenvalue weighted by molar-refractivity contribution is 5.97. The summed E-state index contributed by atoms with van der Waals surface area (Å²) < 4.78 is 5.41. The number of anilines is 1. The van der Waals surface area contributed by atoms with E-state index in [0.29, 0.717) is 36.4 Å². The van der Waals surface area contributed by atoms with Gasteiger partial charge in [-0.15, -0.1) is 0 Å². The number of hydrogen-bond donors (Lipinski definition) is 0. The largest absolute Gasteiger partial charge is 0.435 e. The molecule has 0 bridgehead atoms. The van der Waals surface area contributed by atoms with Gasteiger partial charge in [0.1, 0.15) is 0 Å². The average Bonchev–Trinajstić information content (AvgIpc) is 2.87. The molecule has 2 aromatic rings. The van der Waals surface area contributed by atoms with Gasteiger partial charge in [0.25, 0.3) is 0 Å². The van der Waals surface area contributed by atoms with Gasteiger partial charge in [-0.1, -0.05) is 42.5 Å². The van der Waals surface area contributed by atoms with Gasteiger partial charge in [0, 0.05) is 37.1 Å². The number of ether oxygens (including phenoxy) is 1. The molecule has 1 fully saturated rings. The van der Waals surface area contributed by atoms with Crippen molar-refractivity contribution in [1.82, 2.24) is 4.90 Å². The third kappa shape index (κ3) is 5.62. The lowest BCUT2D eigenvalue weighted by Crippen LogP contribution is -2.44. The second-order valence-corrected chi connectivity index (χ2v) is 9.51. The number of fused-ring (bicyclic) bond motifs is 3. The molecule has 0 saturated carbocycles. The zero-order valence-corrected chi connectivity index (χ0v) is 19.7. The first kappa shape index (κ1) is 23.3. The molecular weight excluding hydrogens is 444 g/mol. The van der Waals surface area contributed by atoms with Gasteiger partial charge in [-0.2, -0.15) is 5.06 Å². The molecular formula is C28H30N2O5. The Morgan fingerprint density at radius 2 is 1.71 bits per heavy atom. The van der Waals surface area contributed by atoms with Gasteiger partial charge in [-0.3, -0.25) is 9.69 Å². The number of Topliss-reactive ketones (excluding diaryl/α,β-unsaturated/α-hetero) is 1. The lowest BCUT2D eigenvalue weighted by atomic mass is 9.89. The summed E-state index contributed by atoms with van der Waals surface area (Å²) in [5, 5.41) is 1.34. The van der Waals surface area contributed by atoms with Crippen LogP contribution in [0.5, 0.6) is 0 Å². The summed E-state index contributed by atoms with van der Waals surface area (Å²) in [5.74, 6) is -0.594. The maximum Gasteiger partial charge on any atom is 0.356 e. The van der Waals surface area contributed by atoms with Crippen molar-refractivity contribution in [2.75, 3.05) is 18.2 Å². The highest BCUT2D eigenvalue weighted by atomic mass is 16.7. The SMILES string of the molecule is O=C1/C=C/C(=O)ON2c3cc(C(=O)CCC4CCN(Cc5ccccc5)CC4)ccc3CCC2O1. The first-order valence-corrected chi connectivity index (χ1v) is 12.4. The van der Waals surface area contributed by atoms with Crippen molar-refractivity contribution in [1.29, 1.82) is 0 Å². The predicted molar refractivity (Wildman–Crippen MR) is 130 cm³/mol. The number of aryl methyl sites for hydroxylation is 1. The maximum absolute atomic E-state index is 13.0. The number of carbonyl (C=O) groups is 3. The van der Waals surface area contributed by atoms with Crippen molar-refractivity contribution >= 4 is 23.4 Å². The van der Waals surface area contributed by atoms with Crippen LogP contribution in [-0.4, -0.2) is 41.9 Å². The van der Waals surface area contributed by atoms with E-state index in [9.17, 15) is 14.4 Å². The van der Waals surface area contributed by atoms with E-state index in [2.05, 4.69) is 29.2 Å². The average molecular weight is 475 g/mol. The Morgan fingerprint density at radius 1 is 0.943 bits per heavy atom. The van der Waals surface area contributed by atoms with E-state index in [1.807, 2.05) is 18.2 Å². The summed E-state index contributed by atoms with van der Waals surface area (Å²) in [6, 6.07) is 16.1. The van der Waals surface area contributed by atoms with E-state index in [0.717, 1.165) is 56.6 Å². The van der Waals surface area contributed by atoms with E-state index in [4.69, 9.17) is 9.57 Å². The van der Waals surface area contributed by atoms with Crippen molar-refractivity contribution < 1.29 is 24.0 Å². The molecule has 0 N–H and O–H groups in total. The van der Waals surface area contributed by atoms with E-state index in [1.165, 1.54) is 10.6 Å². The molecule has 0 spiro atoms. The first-order valence-electron chi connectivity index (χ1n) is 12.4. The van der Waals surface area contributed by atoms with Gasteiger partial charge in [0.2, 0.25) is 6.23 Å². The minimum absolute atomic E-state index is 0.0805. The van der Waals surface area contributed by atoms with Crippen molar-refractivity contribution in [2.24, 2.45) is 5.92 Å². The Balaban J connectivity index is 1.18. The van der Waals surface area contributed by atoms with E-state index in [1.54, 1.807) is 6.07 Å². The molecule has 1 atom stereocenters. The van der Waals surface area contributed by atoms with Crippen molar-refractivity contribution in [3.05, 3.63) is 77.4 Å². The summed E-state index contributed by atoms with van der Waals surface area (Å²) in [5.41, 5.74) is 3.49. The fourth-order valence-corrected chi connectivity index (χ4v) is 5.11. The van der Waals surface area contributed by atoms with Crippen LogP contribution in [0.3, 0.4) is 0 Å². The van der Waals surface area contributed by atoms with Crippen LogP contribution in [0.15, 0.2) is 60.7 Å². The number of ketones is 1. The highest BCUT2D eigenvalue weighted by Crippen LogP contribution is 2.34. The van der Waals surface area contributed by atoms with Gasteiger partial charge < -0.3 is 9.57 Å². The summed E-state index contributed by atoms with van der Waals surface area (Å²) in [7, 11) is 0. The predicted octanol–water partition coefficient (Wildman–Crippen LogP) is 4.21. The molecule has 3 aliphatic rings. The van der Waals surface area contributed by atoms with E-state index >= 15 is 0 Å². The Labute approximate surface area is 205 Å². The lowest BCUT2D eigenvalue weighted by Gasteiger charge is -2.36. The number of hydrogen-bond acceptors (Lipinski definition) is 7. The summed E-state index contributed by atoms with van der Waals surface area (Å²) in [4.78, 5) is 44.9. The summed E-state index contributed by atoms with van der Waals surface area (Å²) in [6.07, 6.45) is 6.17. The molecule has 35 heavy (non-hydrogen) atoms. The van der Waals surface area contributed by atoms with Crippen LogP contribution in [0.4, 0.5) is 5.69 Å². The van der Waals surface area contributed by atoms with Crippen molar-refractivity contribution in [3.63, 3.8) is 0 Å². The first-order chi connectivity index (χ1) is 17.0. The molecule has 0 aromatic heterocycles. The number of nitrogens with zero attached hydrogens (tertiary/aromatic N) is 2. The molecule has 1 saturated heterocycles. The number of piperidine rings is 1. The quantitative estimate of drug-likeness (QED) is 0.459. The van der Waals surface area contributed by atoms with Crippen LogP contribution in [-0.2, 0) is 32.1 Å². The zero-order chi connectivity index (χ0) is 24.2. The number of esters is 1. The molecule has 7 heteroatoms. The van der Waals surface area contributed by atoms with Crippen LogP contribution < -0.4 is 5.06 Å². The number of hydroxylamine groups is 1. The van der Waals surface area contributed by atoms with Crippen LogP contribution in [0.1, 0.15) is 53.6 Å². The third-order valence-electron chi connectivity index (χ3n) is 7.10. The molecule has 2 aromatic carbocycles. The second-order valence-electron chi connectivity index (χ2n) is 9.51. The van der Waals surface area contributed by atoms with Gasteiger partial charge in [-0.05, 0) is 61.9 Å². The van der Waals surface area contributed by atoms with Gasteiger partial charge in [0.15, 0.2) is 5.78 Å². The van der Waals surface area contributed by atoms with Crippen molar-refractivity contribution in [2.45, 2.75) is 51.3 Å². The van der Waals surface area contributed by atoms with Crippen LogP contribution >= 0.6 is 0 Å². The van der Waals surface area contributed by atoms with E-state index in [-0.39, 0.29) is 5.78 Å². The van der Waals surface area contributed by atoms with Crippen LogP contribution in [0.25, 0.3) is 0 Å². The molecule has 7 nitrogen and oxygen atoms in total. The van der Waals surface area contributed by atoms with Gasteiger partial charge in [-0.25, -0.2) is 9.59 Å². The van der Waals surface area contributed by atoms with E-state index < -0.39 is 18.2 Å². The highest BCUT2D eigenvalue weighted by Gasteiger charge is 2.33. The molecule has 3 aliphatic heterocycles. The van der Waals surface area contributed by atoms with Gasteiger partial charge in [0.05, 0.1) is 5.69 Å². The number of likely N-dealkylation sites (tertiary alicyclic amines) is 1. The maximum atomic E-state index is 13.0. The van der Waals surface area contributed by atoms with Crippen LogP contribution in [0, 0.1) is 5.92 Å². The summed E-state index contributed by atoms with van der Waals surface area (Å²) in [6.45, 7) is 3.09. The summed E-state index contributed by atoms with van der Waals surface area (Å²) >= 11 is 0. The number of carbonyl (C=O) groups excluding carboxylic acids is 3. The minimum atomic E-state index is -0.699. The molecule has 5 rings (SSSR count). The zero-order valence-electron chi connectivity index (χ0n) is 19.7. The number of rotatable bonds is 6. The Bertz CT molecular complexity index is 1120. The smallest absolute Gasteiger partial charge is 0.356 e. The minimum Gasteiger partial charge on any atom is -0.435 e. The molecule has 182 valence electrons. The molecule has 3 heterocycles. The number of benzene rings is 2. The molecule has 0 radical (unpaired) electrons. The van der Waals surface area contributed by atoms with Crippen LogP contribution in [0.2, 0.25) is 0 Å². The molecule has 0 aliphatic carbocycles. The Hall–Kier alpha value is -3.45. The van der Waals surface area contributed by atoms with Crippen molar-refractivity contribution in [3.8, 4) is 0 Å². The fraction of sp³-hybridized carbons (Fsp3) is 0.393. The van der Waals surface area contributed by atoms with Gasteiger partial charge >= 0.3 is 11.9 Å². The topological polar surface area (TPSA) is 76.2 Å². The second kappa shape index (κ2) is 10.4. The molecule has 0 amide bonds. The Kier molecular flexibility index (Phi) is 6.95. The normalized spacial score (nSPS) is 21.7. The lowest BCUT2D eigenvalue weighted by molar-refractivity contribution is -0.158. The fourth-order valence-electron chi connectivity index (χ4n) is 5.11. The standard InChI is InChI=1S/C28H30N2O5/c31-25(10-6-20-14-16-29(17-15-20)19-21-4-2-1-3-5-21)23-8-7-22-9-11-26-30(24(22)18-23)35-28(33)13-12-27(32)34-26/h1-5,7-8,12-13,18,20,26H,6,9-11,14-17,19H2/b13-12+.